The molecule has 7 heteroatoms. The third kappa shape index (κ3) is 3.06. The molecular weight excluding hydrogens is 240 g/mol. The second kappa shape index (κ2) is 5.31. The van der Waals surface area contributed by atoms with Crippen LogP contribution in [0.4, 0.5) is 17.6 Å². The Bertz CT molecular complexity index is 367. The molecule has 0 aliphatic heterocycles. The van der Waals surface area contributed by atoms with Gasteiger partial charge in [0.05, 0.1) is 18.3 Å². The first-order chi connectivity index (χ1) is 7.84. The van der Waals surface area contributed by atoms with Gasteiger partial charge in [0.1, 0.15) is 12.0 Å². The van der Waals surface area contributed by atoms with Crippen molar-refractivity contribution in [1.29, 1.82) is 0 Å². The van der Waals surface area contributed by atoms with Crippen molar-refractivity contribution in [3.63, 3.8) is 0 Å². The molecule has 96 valence electrons. The molecule has 1 aliphatic rings. The first kappa shape index (κ1) is 13.7. The van der Waals surface area contributed by atoms with Crippen LogP contribution in [0.1, 0.15) is 0 Å². The van der Waals surface area contributed by atoms with Crippen LogP contribution >= 0.6 is 0 Å². The van der Waals surface area contributed by atoms with E-state index < -0.39 is 36.8 Å². The minimum Gasteiger partial charge on any atom is -0.397 e. The molecule has 0 saturated heterocycles. The zero-order chi connectivity index (χ0) is 13.2. The summed E-state index contributed by atoms with van der Waals surface area (Å²) in [6.45, 7) is -0.739. The van der Waals surface area contributed by atoms with Crippen LogP contribution in [0, 0.1) is 0 Å². The summed E-state index contributed by atoms with van der Waals surface area (Å²) in [6, 6.07) is -1.43. The summed E-state index contributed by atoms with van der Waals surface area (Å²) >= 11 is 0. The van der Waals surface area contributed by atoms with Gasteiger partial charge in [-0.25, -0.2) is 17.6 Å². The van der Waals surface area contributed by atoms with Gasteiger partial charge in [0.2, 0.25) is 5.78 Å². The maximum absolute atomic E-state index is 13.5. The van der Waals surface area contributed by atoms with Gasteiger partial charge in [0.25, 0.3) is 6.43 Å². The van der Waals surface area contributed by atoms with Crippen LogP contribution < -0.4 is 5.73 Å². The smallest absolute Gasteiger partial charge is 0.297 e. The highest BCUT2D eigenvalue weighted by Crippen LogP contribution is 2.24. The number of alkyl halides is 3. The third-order valence-electron chi connectivity index (χ3n) is 2.42. The molecule has 0 amide bonds. The van der Waals surface area contributed by atoms with Crippen molar-refractivity contribution < 1.29 is 22.4 Å². The molecule has 0 aromatic heterocycles. The standard InChI is InChI=1S/C10H12F4N2O/c1-16(4-7(17)10(13)14)9-5(11)2-3-6(15)8(9)12/h2-3,5,9-10H,4,15H2,1H3/t5-,9+/m0/s1. The van der Waals surface area contributed by atoms with Crippen molar-refractivity contribution in [2.75, 3.05) is 13.6 Å². The number of halogens is 4. The van der Waals surface area contributed by atoms with E-state index in [9.17, 15) is 22.4 Å². The lowest BCUT2D eigenvalue weighted by Crippen LogP contribution is -2.44. The fourth-order valence-electron chi connectivity index (χ4n) is 1.54. The number of nitrogens with two attached hydrogens (primary N) is 1. The van der Waals surface area contributed by atoms with Gasteiger partial charge in [-0.15, -0.1) is 0 Å². The highest BCUT2D eigenvalue weighted by atomic mass is 19.3. The molecule has 2 N–H and O–H groups in total. The van der Waals surface area contributed by atoms with Crippen molar-refractivity contribution in [1.82, 2.24) is 4.90 Å². The number of Topliss-reactive ketones (excluding diaryl/α,β-unsaturated/α-hetero) is 1. The molecule has 0 aromatic rings. The predicted octanol–water partition coefficient (Wildman–Crippen LogP) is 1.17. The van der Waals surface area contributed by atoms with Crippen molar-refractivity contribution in [2.45, 2.75) is 18.6 Å². The molecular formula is C10H12F4N2O. The third-order valence-corrected chi connectivity index (χ3v) is 2.42. The fraction of sp³-hybridized carbons (Fsp3) is 0.500. The van der Waals surface area contributed by atoms with Crippen molar-refractivity contribution >= 4 is 5.78 Å². The van der Waals surface area contributed by atoms with Gasteiger partial charge in [0.15, 0.2) is 0 Å². The first-order valence-electron chi connectivity index (χ1n) is 4.83. The number of likely N-dealkylation sites (N-methyl/N-ethyl adjacent to an activating group) is 1. The van der Waals surface area contributed by atoms with Gasteiger partial charge in [-0.2, -0.15) is 0 Å². The molecule has 1 aliphatic carbocycles. The molecule has 0 heterocycles. The van der Waals surface area contributed by atoms with Gasteiger partial charge in [-0.05, 0) is 19.2 Å². The van der Waals surface area contributed by atoms with Crippen LogP contribution in [0.15, 0.2) is 23.7 Å². The first-order valence-corrected chi connectivity index (χ1v) is 4.83. The summed E-state index contributed by atoms with van der Waals surface area (Å²) in [4.78, 5) is 11.7. The Hall–Kier alpha value is -1.37. The lowest BCUT2D eigenvalue weighted by molar-refractivity contribution is -0.130. The van der Waals surface area contributed by atoms with Crippen molar-refractivity contribution in [3.05, 3.63) is 23.7 Å². The average molecular weight is 252 g/mol. The van der Waals surface area contributed by atoms with E-state index in [0.717, 1.165) is 17.1 Å². The molecule has 17 heavy (non-hydrogen) atoms. The highest BCUT2D eigenvalue weighted by molar-refractivity contribution is 5.83. The van der Waals surface area contributed by atoms with E-state index in [0.29, 0.717) is 0 Å². The Morgan fingerprint density at radius 1 is 1.59 bits per heavy atom. The Labute approximate surface area is 95.6 Å². The van der Waals surface area contributed by atoms with Crippen LogP contribution in [0.3, 0.4) is 0 Å². The summed E-state index contributed by atoms with van der Waals surface area (Å²) in [5.74, 6) is -2.34. The number of hydrogen-bond donors (Lipinski definition) is 1. The molecule has 2 atom stereocenters. The topological polar surface area (TPSA) is 46.3 Å². The van der Waals surface area contributed by atoms with Crippen LogP contribution in [-0.4, -0.2) is 42.9 Å². The lowest BCUT2D eigenvalue weighted by Gasteiger charge is -2.30. The van der Waals surface area contributed by atoms with E-state index in [1.165, 1.54) is 7.05 Å². The van der Waals surface area contributed by atoms with E-state index in [1.54, 1.807) is 0 Å². The number of allylic oxidation sites excluding steroid dienone is 1. The predicted molar refractivity (Wildman–Crippen MR) is 53.8 cm³/mol. The number of ketones is 1. The minimum absolute atomic E-state index is 0.264. The fourth-order valence-corrected chi connectivity index (χ4v) is 1.54. The van der Waals surface area contributed by atoms with Crippen molar-refractivity contribution in [2.24, 2.45) is 5.73 Å². The SMILES string of the molecule is CN(CC(=O)C(F)F)[C@H]1C(F)=C(N)C=C[C@@H]1F. The second-order valence-corrected chi connectivity index (χ2v) is 3.73. The van der Waals surface area contributed by atoms with Gasteiger partial charge >= 0.3 is 0 Å². The van der Waals surface area contributed by atoms with Crippen LogP contribution in [0.5, 0.6) is 0 Å². The molecule has 0 spiro atoms. The summed E-state index contributed by atoms with van der Waals surface area (Å²) in [6.07, 6.45) is -2.79. The van der Waals surface area contributed by atoms with Gasteiger partial charge in [-0.3, -0.25) is 9.69 Å². The second-order valence-electron chi connectivity index (χ2n) is 3.73. The molecule has 0 fully saturated rings. The highest BCUT2D eigenvalue weighted by Gasteiger charge is 2.33. The van der Waals surface area contributed by atoms with E-state index in [-0.39, 0.29) is 5.70 Å². The quantitative estimate of drug-likeness (QED) is 0.764. The van der Waals surface area contributed by atoms with E-state index in [2.05, 4.69) is 0 Å². The number of nitrogens with zero attached hydrogens (tertiary/aromatic N) is 1. The number of carbonyl (C=O) groups is 1. The number of rotatable bonds is 4. The summed E-state index contributed by atoms with van der Waals surface area (Å²) in [5, 5.41) is 0. The Morgan fingerprint density at radius 3 is 2.71 bits per heavy atom. The van der Waals surface area contributed by atoms with Crippen molar-refractivity contribution in [3.8, 4) is 0 Å². The Kier molecular flexibility index (Phi) is 4.28. The van der Waals surface area contributed by atoms with Crippen LogP contribution in [0.2, 0.25) is 0 Å². The van der Waals surface area contributed by atoms with E-state index in [4.69, 9.17) is 5.73 Å². The summed E-state index contributed by atoms with van der Waals surface area (Å²) in [5.41, 5.74) is 4.99. The molecule has 1 rings (SSSR count). The molecule has 3 nitrogen and oxygen atoms in total. The zero-order valence-corrected chi connectivity index (χ0v) is 9.04. The maximum atomic E-state index is 13.5. The molecule has 0 unspecified atom stereocenters. The zero-order valence-electron chi connectivity index (χ0n) is 9.04. The van der Waals surface area contributed by atoms with Crippen LogP contribution in [0.25, 0.3) is 0 Å². The summed E-state index contributed by atoms with van der Waals surface area (Å²) in [7, 11) is 1.18. The van der Waals surface area contributed by atoms with Crippen LogP contribution in [-0.2, 0) is 4.79 Å². The number of hydrogen-bond acceptors (Lipinski definition) is 3. The molecule has 0 radical (unpaired) electrons. The van der Waals surface area contributed by atoms with E-state index >= 15 is 0 Å². The van der Waals surface area contributed by atoms with Gasteiger partial charge in [0, 0.05) is 0 Å². The Morgan fingerprint density at radius 2 is 2.18 bits per heavy atom. The van der Waals surface area contributed by atoms with Gasteiger partial charge in [-0.1, -0.05) is 0 Å². The minimum atomic E-state index is -3.15. The normalized spacial score (nSPS) is 24.9. The van der Waals surface area contributed by atoms with E-state index in [1.807, 2.05) is 0 Å². The molecule has 0 bridgehead atoms. The summed E-state index contributed by atoms with van der Waals surface area (Å²) < 4.78 is 51.0. The Balaban J connectivity index is 2.78. The average Bonchev–Trinajstić information content (AvgIpc) is 2.24. The number of carbonyl (C=O) groups excluding carboxylic acids is 1. The molecule has 0 saturated carbocycles. The maximum Gasteiger partial charge on any atom is 0.297 e. The monoisotopic (exact) mass is 252 g/mol. The largest absolute Gasteiger partial charge is 0.397 e. The lowest BCUT2D eigenvalue weighted by atomic mass is 10.0. The van der Waals surface area contributed by atoms with Gasteiger partial charge < -0.3 is 5.73 Å². The molecule has 0 aromatic carbocycles.